The molecular weight excluding hydrogens is 865 g/mol. The van der Waals surface area contributed by atoms with E-state index in [0.29, 0.717) is 11.4 Å². The number of ether oxygens (including phenoxy) is 4. The van der Waals surface area contributed by atoms with Crippen LogP contribution in [0.5, 0.6) is 11.5 Å². The van der Waals surface area contributed by atoms with Crippen LogP contribution in [-0.2, 0) is 46.6 Å². The van der Waals surface area contributed by atoms with Gasteiger partial charge in [0, 0.05) is 49.7 Å². The number of alkyl halides is 8. The minimum absolute atomic E-state index is 0. The van der Waals surface area contributed by atoms with Crippen LogP contribution >= 0.6 is 0 Å². The number of hydrogen-bond donors (Lipinski definition) is 1. The number of benzene rings is 2. The molecule has 0 amide bonds. The monoisotopic (exact) mass is 889 g/mol. The zero-order valence-corrected chi connectivity index (χ0v) is 28.5. The Morgan fingerprint density at radius 3 is 1.40 bits per heavy atom. The summed E-state index contributed by atoms with van der Waals surface area (Å²) >= 11 is 0. The Morgan fingerprint density at radius 1 is 0.720 bits per heavy atom. The Kier molecular flexibility index (Phi) is 12.2. The van der Waals surface area contributed by atoms with E-state index in [9.17, 15) is 39.9 Å². The Labute approximate surface area is 293 Å². The number of fused-ring (bicyclic) bond motifs is 2. The van der Waals surface area contributed by atoms with Gasteiger partial charge in [-0.25, -0.2) is 9.47 Å². The van der Waals surface area contributed by atoms with Gasteiger partial charge in [-0.15, -0.1) is 65.1 Å². The van der Waals surface area contributed by atoms with Crippen LogP contribution in [0.2, 0.25) is 0 Å². The second kappa shape index (κ2) is 15.2. The smallest absolute Gasteiger partial charge is 0.512 e. The summed E-state index contributed by atoms with van der Waals surface area (Å²) in [7, 11) is 0. The number of nitrogens with zero attached hydrogens (tertiary/aromatic N) is 2. The number of carbonyl (C=O) groups excluding carboxylic acids is 1. The predicted molar refractivity (Wildman–Crippen MR) is 155 cm³/mol. The van der Waals surface area contributed by atoms with E-state index in [1.165, 1.54) is 32.3 Å². The summed E-state index contributed by atoms with van der Waals surface area (Å²) in [6, 6.07) is 15.8. The van der Waals surface area contributed by atoms with Crippen molar-refractivity contribution in [3.05, 3.63) is 107 Å². The number of rotatable bonds is 3. The largest absolute Gasteiger partial charge is 0.531 e. The molecule has 2 aliphatic heterocycles. The molecule has 50 heavy (non-hydrogen) atoms. The van der Waals surface area contributed by atoms with E-state index in [-0.39, 0.29) is 42.8 Å². The van der Waals surface area contributed by atoms with Crippen LogP contribution < -0.4 is 9.47 Å². The Hall–Kier alpha value is -4.44. The predicted octanol–water partition coefficient (Wildman–Crippen LogP) is 8.77. The third-order valence-corrected chi connectivity index (χ3v) is 6.20. The fraction of sp³-hybridized carbons (Fsp3) is 0.242. The third kappa shape index (κ3) is 10.3. The van der Waals surface area contributed by atoms with E-state index >= 15 is 0 Å². The molecule has 0 unspecified atom stereocenters. The number of aryl methyl sites for hydroxylation is 2. The molecular formula is C33H24F8IrN2O6-2. The van der Waals surface area contributed by atoms with Gasteiger partial charge < -0.3 is 24.5 Å². The SMILES string of the molecule is CC(=O)/C=C(/C)O.Cc1ccnc(-c2[c-]cc3c(c2)C(F)(F)OC(F)(F)O3)c1.Cc1ccnc(-c2[c-]cc3c(c2)C(F)(F)OC(F)(F)O3)c1.[Ir]. The minimum atomic E-state index is -4.38. The van der Waals surface area contributed by atoms with E-state index in [1.807, 2.05) is 13.8 Å². The van der Waals surface area contributed by atoms with Crippen molar-refractivity contribution < 1.29 is 84.1 Å². The molecule has 0 bridgehead atoms. The molecule has 0 aliphatic carbocycles. The molecule has 1 N–H and O–H groups in total. The molecule has 2 aromatic carbocycles. The van der Waals surface area contributed by atoms with E-state index < -0.39 is 47.4 Å². The molecule has 269 valence electrons. The number of aliphatic hydroxyl groups is 1. The van der Waals surface area contributed by atoms with Crippen molar-refractivity contribution in [3.63, 3.8) is 0 Å². The normalized spacial score (nSPS) is 17.3. The van der Waals surface area contributed by atoms with Crippen LogP contribution in [-0.4, -0.2) is 33.4 Å². The van der Waals surface area contributed by atoms with E-state index in [1.54, 1.807) is 24.3 Å². The number of ketones is 1. The zero-order chi connectivity index (χ0) is 36.4. The first kappa shape index (κ1) is 40.0. The van der Waals surface area contributed by atoms with Gasteiger partial charge in [0.1, 0.15) is 0 Å². The molecule has 1 radical (unpaired) electrons. The number of halogens is 8. The van der Waals surface area contributed by atoms with Gasteiger partial charge in [-0.1, -0.05) is 23.3 Å². The second-order valence-corrected chi connectivity index (χ2v) is 10.5. The van der Waals surface area contributed by atoms with Crippen LogP contribution in [0.15, 0.2) is 72.8 Å². The van der Waals surface area contributed by atoms with Crippen LogP contribution in [0.25, 0.3) is 22.5 Å². The van der Waals surface area contributed by atoms with Gasteiger partial charge >= 0.3 is 24.8 Å². The first-order valence-electron chi connectivity index (χ1n) is 13.8. The summed E-state index contributed by atoms with van der Waals surface area (Å²) in [5.74, 6) is -1.41. The van der Waals surface area contributed by atoms with Gasteiger partial charge in [0.2, 0.25) is 0 Å². The van der Waals surface area contributed by atoms with Crippen LogP contribution in [0.1, 0.15) is 36.1 Å². The Morgan fingerprint density at radius 2 is 1.10 bits per heavy atom. The summed E-state index contributed by atoms with van der Waals surface area (Å²) in [5, 5.41) is 8.36. The average molecular weight is 889 g/mol. The minimum Gasteiger partial charge on any atom is -0.512 e. The maximum Gasteiger partial charge on any atom is 0.531 e. The molecule has 0 saturated heterocycles. The molecule has 0 atom stereocenters. The van der Waals surface area contributed by atoms with Crippen molar-refractivity contribution in [1.29, 1.82) is 0 Å². The van der Waals surface area contributed by atoms with Gasteiger partial charge in [-0.2, -0.15) is 17.6 Å². The fourth-order valence-electron chi connectivity index (χ4n) is 4.24. The molecule has 0 saturated carbocycles. The summed E-state index contributed by atoms with van der Waals surface area (Å²) in [6.45, 7) is 6.47. The molecule has 4 aromatic rings. The van der Waals surface area contributed by atoms with E-state index in [4.69, 9.17) is 5.11 Å². The molecule has 4 heterocycles. The van der Waals surface area contributed by atoms with Crippen molar-refractivity contribution in [2.24, 2.45) is 0 Å². The van der Waals surface area contributed by atoms with Gasteiger partial charge in [0.15, 0.2) is 5.78 Å². The second-order valence-electron chi connectivity index (χ2n) is 10.5. The topological polar surface area (TPSA) is 100 Å². The average Bonchev–Trinajstić information content (AvgIpc) is 2.95. The van der Waals surface area contributed by atoms with Crippen LogP contribution in [0, 0.1) is 26.0 Å². The zero-order valence-electron chi connectivity index (χ0n) is 26.1. The molecule has 6 rings (SSSR count). The number of aliphatic hydroxyl groups excluding tert-OH is 1. The summed E-state index contributed by atoms with van der Waals surface area (Å²) in [4.78, 5) is 18.1. The summed E-state index contributed by atoms with van der Waals surface area (Å²) < 4.78 is 121. The maximum atomic E-state index is 13.7. The fourth-order valence-corrected chi connectivity index (χ4v) is 4.24. The number of pyridine rings is 2. The third-order valence-electron chi connectivity index (χ3n) is 6.20. The molecule has 8 nitrogen and oxygen atoms in total. The molecule has 17 heteroatoms. The first-order chi connectivity index (χ1) is 22.7. The van der Waals surface area contributed by atoms with Crippen LogP contribution in [0.3, 0.4) is 0 Å². The Balaban J connectivity index is 0.000000224. The summed E-state index contributed by atoms with van der Waals surface area (Å²) in [6.07, 6.45) is -12.9. The standard InChI is InChI=1S/2C14H8F4NO2.C5H8O2.Ir/c2*1-8-4-5-19-11(6-8)9-2-3-12-10(7-9)13(15,16)21-14(17,18)20-12;1-4(6)3-5(2)7;/h2*3-7H,1H3;3,6H,1-2H3;/q2*-1;;/b;;4-3-;. The van der Waals surface area contributed by atoms with E-state index in [0.717, 1.165) is 35.4 Å². The molecule has 0 fully saturated rings. The van der Waals surface area contributed by atoms with Crippen molar-refractivity contribution in [2.45, 2.75) is 52.5 Å². The summed E-state index contributed by atoms with van der Waals surface area (Å²) in [5.41, 5.74) is 1.42. The number of aromatic nitrogens is 2. The molecule has 0 spiro atoms. The van der Waals surface area contributed by atoms with Crippen LogP contribution in [0.4, 0.5) is 35.1 Å². The molecule has 2 aliphatic rings. The van der Waals surface area contributed by atoms with Gasteiger partial charge in [-0.05, 0) is 51.2 Å². The van der Waals surface area contributed by atoms with E-state index in [2.05, 4.69) is 41.0 Å². The van der Waals surface area contributed by atoms with Gasteiger partial charge in [-0.3, -0.25) is 4.79 Å². The van der Waals surface area contributed by atoms with Crippen molar-refractivity contribution in [2.75, 3.05) is 0 Å². The quantitative estimate of drug-likeness (QED) is 0.0945. The maximum absolute atomic E-state index is 13.7. The number of carbonyl (C=O) groups is 1. The van der Waals surface area contributed by atoms with Gasteiger partial charge in [0.05, 0.1) is 17.3 Å². The molecule has 2 aromatic heterocycles. The Bertz CT molecular complexity index is 1770. The number of allylic oxidation sites excluding steroid dienone is 2. The van der Waals surface area contributed by atoms with Gasteiger partial charge in [0.25, 0.3) is 0 Å². The number of hydrogen-bond acceptors (Lipinski definition) is 8. The van der Waals surface area contributed by atoms with Crippen molar-refractivity contribution in [1.82, 2.24) is 9.97 Å². The van der Waals surface area contributed by atoms with Crippen molar-refractivity contribution >= 4 is 5.78 Å². The van der Waals surface area contributed by atoms with Crippen molar-refractivity contribution in [3.8, 4) is 34.0 Å². The first-order valence-corrected chi connectivity index (χ1v) is 13.8.